The molecule has 0 unspecified atom stereocenters. The minimum absolute atomic E-state index is 0.0151. The van der Waals surface area contributed by atoms with Gasteiger partial charge in [0, 0.05) is 18.7 Å². The molecule has 30 heavy (non-hydrogen) atoms. The highest BCUT2D eigenvalue weighted by atomic mass is 16.5. The SMILES string of the molecule is Cc1cc(-c2nnc3cc(C4(C)CCCCC4)c(OCc4ncnn4C)nn23)no1. The Labute approximate surface area is 173 Å². The molecule has 0 bridgehead atoms. The third kappa shape index (κ3) is 3.21. The topological polar surface area (TPSA) is 109 Å². The summed E-state index contributed by atoms with van der Waals surface area (Å²) in [5.74, 6) is 2.52. The van der Waals surface area contributed by atoms with Gasteiger partial charge in [0.1, 0.15) is 18.7 Å². The number of nitrogens with zero attached hydrogens (tertiary/aromatic N) is 8. The van der Waals surface area contributed by atoms with Crippen LogP contribution in [-0.2, 0) is 19.1 Å². The summed E-state index contributed by atoms with van der Waals surface area (Å²) < 4.78 is 14.8. The van der Waals surface area contributed by atoms with Crippen LogP contribution < -0.4 is 4.74 Å². The number of hydrogen-bond acceptors (Lipinski definition) is 8. The first-order chi connectivity index (χ1) is 14.5. The van der Waals surface area contributed by atoms with Crippen molar-refractivity contribution in [1.29, 1.82) is 0 Å². The Morgan fingerprint density at radius 2 is 2.00 bits per heavy atom. The molecule has 4 aromatic rings. The van der Waals surface area contributed by atoms with E-state index in [1.807, 2.05) is 26.1 Å². The van der Waals surface area contributed by atoms with Crippen LogP contribution in [0.3, 0.4) is 0 Å². The summed E-state index contributed by atoms with van der Waals surface area (Å²) in [6.45, 7) is 4.40. The van der Waals surface area contributed by atoms with Crippen molar-refractivity contribution in [2.45, 2.75) is 58.0 Å². The number of hydrogen-bond donors (Lipinski definition) is 0. The standard InChI is InChI=1S/C20H24N8O2/c1-13-9-15(26-30-13)18-24-23-16-10-14(20(2)7-5-4-6-8-20)19(25-28(16)18)29-11-17-21-12-22-27(17)3/h9-10,12H,4-8,11H2,1-3H3. The molecule has 0 atom stereocenters. The molecule has 1 aliphatic carbocycles. The van der Waals surface area contributed by atoms with Crippen LogP contribution in [0, 0.1) is 6.92 Å². The van der Waals surface area contributed by atoms with E-state index in [-0.39, 0.29) is 12.0 Å². The molecule has 0 N–H and O–H groups in total. The third-order valence-corrected chi connectivity index (χ3v) is 5.97. The molecule has 4 aromatic heterocycles. The highest BCUT2D eigenvalue weighted by Gasteiger charge is 2.34. The normalized spacial score (nSPS) is 16.2. The summed E-state index contributed by atoms with van der Waals surface area (Å²) in [6, 6.07) is 3.86. The summed E-state index contributed by atoms with van der Waals surface area (Å²) in [5.41, 5.74) is 2.30. The van der Waals surface area contributed by atoms with Crippen LogP contribution >= 0.6 is 0 Å². The van der Waals surface area contributed by atoms with Crippen LogP contribution in [0.25, 0.3) is 17.2 Å². The smallest absolute Gasteiger partial charge is 0.236 e. The van der Waals surface area contributed by atoms with Gasteiger partial charge in [-0.25, -0.2) is 4.98 Å². The van der Waals surface area contributed by atoms with Gasteiger partial charge in [0.25, 0.3) is 0 Å². The monoisotopic (exact) mass is 408 g/mol. The van der Waals surface area contributed by atoms with Gasteiger partial charge in [-0.05, 0) is 31.2 Å². The van der Waals surface area contributed by atoms with E-state index in [1.165, 1.54) is 25.6 Å². The molecular weight excluding hydrogens is 384 g/mol. The Balaban J connectivity index is 1.60. The van der Waals surface area contributed by atoms with Crippen LogP contribution in [0.1, 0.15) is 56.2 Å². The van der Waals surface area contributed by atoms with Crippen molar-refractivity contribution >= 4 is 5.65 Å². The van der Waals surface area contributed by atoms with Crippen molar-refractivity contribution in [2.24, 2.45) is 7.05 Å². The first kappa shape index (κ1) is 18.7. The minimum Gasteiger partial charge on any atom is -0.468 e. The lowest BCUT2D eigenvalue weighted by Gasteiger charge is -2.34. The molecule has 1 aliphatic rings. The maximum Gasteiger partial charge on any atom is 0.236 e. The zero-order valence-electron chi connectivity index (χ0n) is 17.4. The molecule has 0 amide bonds. The van der Waals surface area contributed by atoms with Gasteiger partial charge in [0.05, 0.1) is 0 Å². The molecule has 0 saturated heterocycles. The van der Waals surface area contributed by atoms with E-state index >= 15 is 0 Å². The number of aromatic nitrogens is 8. The summed E-state index contributed by atoms with van der Waals surface area (Å²) in [5, 5.41) is 21.6. The lowest BCUT2D eigenvalue weighted by atomic mass is 9.71. The fraction of sp³-hybridized carbons (Fsp3) is 0.500. The van der Waals surface area contributed by atoms with Crippen LogP contribution in [0.4, 0.5) is 0 Å². The summed E-state index contributed by atoms with van der Waals surface area (Å²) in [4.78, 5) is 4.26. The van der Waals surface area contributed by atoms with E-state index in [9.17, 15) is 0 Å². The Hall–Kier alpha value is -3.30. The first-order valence-electron chi connectivity index (χ1n) is 10.2. The molecule has 5 rings (SSSR count). The molecule has 10 heteroatoms. The Morgan fingerprint density at radius 1 is 1.17 bits per heavy atom. The quantitative estimate of drug-likeness (QED) is 0.496. The van der Waals surface area contributed by atoms with E-state index in [0.29, 0.717) is 28.8 Å². The minimum atomic E-state index is -0.0151. The molecule has 0 aromatic carbocycles. The highest BCUT2D eigenvalue weighted by molar-refractivity contribution is 5.56. The van der Waals surface area contributed by atoms with Gasteiger partial charge < -0.3 is 9.26 Å². The summed E-state index contributed by atoms with van der Waals surface area (Å²) in [7, 11) is 1.84. The fourth-order valence-corrected chi connectivity index (χ4v) is 4.17. The molecule has 1 fully saturated rings. The van der Waals surface area contributed by atoms with Gasteiger partial charge in [0.2, 0.25) is 11.7 Å². The van der Waals surface area contributed by atoms with Gasteiger partial charge in [-0.1, -0.05) is 31.3 Å². The highest BCUT2D eigenvalue weighted by Crippen LogP contribution is 2.42. The molecule has 0 radical (unpaired) electrons. The van der Waals surface area contributed by atoms with Crippen molar-refractivity contribution in [2.75, 3.05) is 0 Å². The van der Waals surface area contributed by atoms with E-state index in [0.717, 1.165) is 24.2 Å². The van der Waals surface area contributed by atoms with Crippen molar-refractivity contribution in [3.8, 4) is 17.4 Å². The molecule has 10 nitrogen and oxygen atoms in total. The van der Waals surface area contributed by atoms with E-state index in [4.69, 9.17) is 14.4 Å². The number of rotatable bonds is 5. The predicted octanol–water partition coefficient (Wildman–Crippen LogP) is 3.02. The number of aryl methyl sites for hydroxylation is 2. The second-order valence-electron chi connectivity index (χ2n) is 8.19. The lowest BCUT2D eigenvalue weighted by molar-refractivity contribution is 0.250. The molecule has 0 spiro atoms. The van der Waals surface area contributed by atoms with Crippen LogP contribution in [0.2, 0.25) is 0 Å². The second kappa shape index (κ2) is 7.19. The first-order valence-corrected chi connectivity index (χ1v) is 10.2. The van der Waals surface area contributed by atoms with Crippen molar-refractivity contribution in [3.63, 3.8) is 0 Å². The number of fused-ring (bicyclic) bond motifs is 1. The van der Waals surface area contributed by atoms with Crippen LogP contribution in [0.5, 0.6) is 5.88 Å². The van der Waals surface area contributed by atoms with Gasteiger partial charge in [0.15, 0.2) is 17.2 Å². The second-order valence-corrected chi connectivity index (χ2v) is 8.19. The fourth-order valence-electron chi connectivity index (χ4n) is 4.17. The van der Waals surface area contributed by atoms with E-state index < -0.39 is 0 Å². The Morgan fingerprint density at radius 3 is 2.70 bits per heavy atom. The zero-order chi connectivity index (χ0) is 20.7. The van der Waals surface area contributed by atoms with E-state index in [1.54, 1.807) is 9.20 Å². The van der Waals surface area contributed by atoms with Gasteiger partial charge in [-0.15, -0.1) is 15.3 Å². The predicted molar refractivity (Wildman–Crippen MR) is 107 cm³/mol. The van der Waals surface area contributed by atoms with Gasteiger partial charge in [-0.3, -0.25) is 4.68 Å². The Kier molecular flexibility index (Phi) is 4.48. The van der Waals surface area contributed by atoms with Crippen molar-refractivity contribution < 1.29 is 9.26 Å². The van der Waals surface area contributed by atoms with Crippen LogP contribution in [-0.4, -0.2) is 39.7 Å². The Bertz CT molecular complexity index is 1180. The molecular formula is C20H24N8O2. The number of ether oxygens (including phenoxy) is 1. The average Bonchev–Trinajstić information content (AvgIpc) is 3.46. The third-order valence-electron chi connectivity index (χ3n) is 5.97. The maximum absolute atomic E-state index is 6.20. The molecule has 4 heterocycles. The molecule has 156 valence electrons. The van der Waals surface area contributed by atoms with Gasteiger partial charge >= 0.3 is 0 Å². The maximum atomic E-state index is 6.20. The zero-order valence-corrected chi connectivity index (χ0v) is 17.4. The molecule has 0 aliphatic heterocycles. The van der Waals surface area contributed by atoms with Gasteiger partial charge in [-0.2, -0.15) is 9.61 Å². The van der Waals surface area contributed by atoms with E-state index in [2.05, 4.69) is 32.4 Å². The average molecular weight is 408 g/mol. The summed E-state index contributed by atoms with van der Waals surface area (Å²) >= 11 is 0. The van der Waals surface area contributed by atoms with Crippen molar-refractivity contribution in [1.82, 2.24) is 39.7 Å². The largest absolute Gasteiger partial charge is 0.468 e. The lowest BCUT2D eigenvalue weighted by Crippen LogP contribution is -2.27. The van der Waals surface area contributed by atoms with Crippen molar-refractivity contribution in [3.05, 3.63) is 35.6 Å². The van der Waals surface area contributed by atoms with Crippen LogP contribution in [0.15, 0.2) is 23.0 Å². The summed E-state index contributed by atoms with van der Waals surface area (Å²) in [6.07, 6.45) is 7.36. The molecule has 1 saturated carbocycles.